The van der Waals surface area contributed by atoms with Crippen LogP contribution in [-0.4, -0.2) is 40.9 Å². The molecular formula is C20H22FN3O2. The number of carboxylic acids is 1. The van der Waals surface area contributed by atoms with Gasteiger partial charge < -0.3 is 5.11 Å². The third-order valence-corrected chi connectivity index (χ3v) is 5.42. The lowest BCUT2D eigenvalue weighted by Gasteiger charge is -2.39. The van der Waals surface area contributed by atoms with Crippen molar-refractivity contribution in [2.24, 2.45) is 10.9 Å². The maximum Gasteiger partial charge on any atom is 0.336 e. The van der Waals surface area contributed by atoms with E-state index in [0.29, 0.717) is 23.9 Å². The van der Waals surface area contributed by atoms with Crippen LogP contribution in [-0.2, 0) is 4.79 Å². The molecule has 2 aliphatic heterocycles. The molecule has 1 aromatic rings. The van der Waals surface area contributed by atoms with Crippen LogP contribution in [0.2, 0.25) is 0 Å². The topological polar surface area (TPSA) is 56.1 Å². The van der Waals surface area contributed by atoms with Crippen molar-refractivity contribution in [2.45, 2.75) is 32.1 Å². The van der Waals surface area contributed by atoms with E-state index in [0.717, 1.165) is 29.7 Å². The molecule has 0 unspecified atom stereocenters. The van der Waals surface area contributed by atoms with E-state index >= 15 is 0 Å². The number of hydrogen-bond donors (Lipinski definition) is 1. The number of nitrogens with zero attached hydrogens (tertiary/aromatic N) is 3. The van der Waals surface area contributed by atoms with Gasteiger partial charge in [-0.1, -0.05) is 31.4 Å². The van der Waals surface area contributed by atoms with Crippen molar-refractivity contribution in [1.29, 1.82) is 0 Å². The predicted molar refractivity (Wildman–Crippen MR) is 97.5 cm³/mol. The first-order chi connectivity index (χ1) is 12.6. The van der Waals surface area contributed by atoms with Crippen LogP contribution in [0.4, 0.5) is 4.39 Å². The van der Waals surface area contributed by atoms with E-state index in [1.165, 1.54) is 31.4 Å². The van der Waals surface area contributed by atoms with Gasteiger partial charge in [-0.15, -0.1) is 0 Å². The first kappa shape index (κ1) is 17.0. The zero-order valence-electron chi connectivity index (χ0n) is 14.8. The Kier molecular flexibility index (Phi) is 4.36. The van der Waals surface area contributed by atoms with Crippen molar-refractivity contribution in [2.75, 3.05) is 13.6 Å². The molecule has 5 nitrogen and oxygen atoms in total. The van der Waals surface area contributed by atoms with Gasteiger partial charge in [-0.05, 0) is 30.5 Å². The summed E-state index contributed by atoms with van der Waals surface area (Å²) in [6, 6.07) is 6.44. The fourth-order valence-electron chi connectivity index (χ4n) is 4.18. The SMILES string of the molecule is CN1CC(C(=O)O)=C2N=CC(c3ccc(F)cc3)=C(C3CCCCC3)N21. The van der Waals surface area contributed by atoms with Crippen molar-refractivity contribution >= 4 is 17.8 Å². The van der Waals surface area contributed by atoms with Gasteiger partial charge in [0, 0.05) is 30.5 Å². The van der Waals surface area contributed by atoms with Crippen molar-refractivity contribution in [1.82, 2.24) is 10.0 Å². The quantitative estimate of drug-likeness (QED) is 0.899. The molecule has 0 bridgehead atoms. The zero-order valence-corrected chi connectivity index (χ0v) is 14.8. The Hall–Kier alpha value is -2.47. The van der Waals surface area contributed by atoms with E-state index in [9.17, 15) is 14.3 Å². The Morgan fingerprint density at radius 1 is 1.19 bits per heavy atom. The molecule has 1 saturated carbocycles. The summed E-state index contributed by atoms with van der Waals surface area (Å²) in [5, 5.41) is 13.4. The lowest BCUT2D eigenvalue weighted by molar-refractivity contribution is -0.132. The van der Waals surface area contributed by atoms with Crippen molar-refractivity contribution in [3.05, 3.63) is 52.7 Å². The summed E-state index contributed by atoms with van der Waals surface area (Å²) in [4.78, 5) is 16.1. The number of allylic oxidation sites excluding steroid dienone is 2. The van der Waals surface area contributed by atoms with Crippen LogP contribution in [0.15, 0.2) is 46.3 Å². The molecule has 0 amide bonds. The molecule has 1 aromatic carbocycles. The van der Waals surface area contributed by atoms with E-state index in [1.807, 2.05) is 17.1 Å². The summed E-state index contributed by atoms with van der Waals surface area (Å²) in [5.74, 6) is -0.347. The van der Waals surface area contributed by atoms with Gasteiger partial charge in [0.05, 0.1) is 12.1 Å². The number of fused-ring (bicyclic) bond motifs is 1. The van der Waals surface area contributed by atoms with Crippen molar-refractivity contribution < 1.29 is 14.3 Å². The van der Waals surface area contributed by atoms with Gasteiger partial charge in [0.2, 0.25) is 0 Å². The molecule has 6 heteroatoms. The molecule has 0 spiro atoms. The summed E-state index contributed by atoms with van der Waals surface area (Å²) < 4.78 is 13.4. The molecule has 136 valence electrons. The average molecular weight is 355 g/mol. The van der Waals surface area contributed by atoms with E-state index in [-0.39, 0.29) is 5.82 Å². The highest BCUT2D eigenvalue weighted by Crippen LogP contribution is 2.42. The number of carbonyl (C=O) groups is 1. The minimum Gasteiger partial charge on any atom is -0.478 e. The first-order valence-corrected chi connectivity index (χ1v) is 9.08. The van der Waals surface area contributed by atoms with Crippen LogP contribution in [0.1, 0.15) is 37.7 Å². The second-order valence-electron chi connectivity index (χ2n) is 7.13. The van der Waals surface area contributed by atoms with Crippen LogP contribution >= 0.6 is 0 Å². The Bertz CT molecular complexity index is 820. The Labute approximate surface area is 152 Å². The van der Waals surface area contributed by atoms with Gasteiger partial charge in [-0.2, -0.15) is 0 Å². The van der Waals surface area contributed by atoms with E-state index in [1.54, 1.807) is 18.3 Å². The Balaban J connectivity index is 1.86. The van der Waals surface area contributed by atoms with E-state index in [2.05, 4.69) is 4.99 Å². The third kappa shape index (κ3) is 2.84. The zero-order chi connectivity index (χ0) is 18.3. The number of rotatable bonds is 3. The second kappa shape index (κ2) is 6.68. The summed E-state index contributed by atoms with van der Waals surface area (Å²) in [6.45, 7) is 0.328. The van der Waals surface area contributed by atoms with Crippen LogP contribution < -0.4 is 0 Å². The molecule has 4 rings (SSSR count). The number of aliphatic imine (C=N–C) groups is 1. The number of hydrogen-bond acceptors (Lipinski definition) is 4. The van der Waals surface area contributed by atoms with Gasteiger partial charge in [0.15, 0.2) is 5.82 Å². The number of benzene rings is 1. The molecule has 1 aliphatic carbocycles. The molecule has 26 heavy (non-hydrogen) atoms. The molecule has 0 aromatic heterocycles. The average Bonchev–Trinajstić information content (AvgIpc) is 3.00. The molecule has 0 saturated heterocycles. The third-order valence-electron chi connectivity index (χ3n) is 5.42. The number of carboxylic acid groups (broad SMARTS) is 1. The molecule has 1 fully saturated rings. The monoisotopic (exact) mass is 355 g/mol. The van der Waals surface area contributed by atoms with E-state index in [4.69, 9.17) is 0 Å². The van der Waals surface area contributed by atoms with Crippen molar-refractivity contribution in [3.63, 3.8) is 0 Å². The van der Waals surface area contributed by atoms with Gasteiger partial charge in [-0.25, -0.2) is 19.2 Å². The lowest BCUT2D eigenvalue weighted by atomic mass is 9.83. The number of hydrazine groups is 1. The molecule has 0 atom stereocenters. The summed E-state index contributed by atoms with van der Waals surface area (Å²) >= 11 is 0. The summed E-state index contributed by atoms with van der Waals surface area (Å²) in [7, 11) is 1.89. The van der Waals surface area contributed by atoms with Gasteiger partial charge in [-0.3, -0.25) is 5.01 Å². The van der Waals surface area contributed by atoms with Crippen LogP contribution in [0.3, 0.4) is 0 Å². The predicted octanol–water partition coefficient (Wildman–Crippen LogP) is 3.66. The minimum absolute atomic E-state index is 0.270. The summed E-state index contributed by atoms with van der Waals surface area (Å²) in [5.41, 5.74) is 3.28. The lowest BCUT2D eigenvalue weighted by Crippen LogP contribution is -2.38. The molecule has 2 heterocycles. The molecule has 0 radical (unpaired) electrons. The van der Waals surface area contributed by atoms with Gasteiger partial charge >= 0.3 is 5.97 Å². The molecule has 3 aliphatic rings. The van der Waals surface area contributed by atoms with Crippen molar-refractivity contribution in [3.8, 4) is 0 Å². The van der Waals surface area contributed by atoms with Crippen LogP contribution in [0.25, 0.3) is 5.57 Å². The fourth-order valence-corrected chi connectivity index (χ4v) is 4.18. The summed E-state index contributed by atoms with van der Waals surface area (Å²) in [6.07, 6.45) is 7.49. The number of likely N-dealkylation sites (N-methyl/N-ethyl adjacent to an activating group) is 1. The molecule has 1 N–H and O–H groups in total. The second-order valence-corrected chi connectivity index (χ2v) is 7.13. The largest absolute Gasteiger partial charge is 0.478 e. The highest BCUT2D eigenvalue weighted by Gasteiger charge is 2.39. The van der Waals surface area contributed by atoms with Gasteiger partial charge in [0.1, 0.15) is 5.82 Å². The first-order valence-electron chi connectivity index (χ1n) is 9.08. The maximum absolute atomic E-state index is 13.4. The minimum atomic E-state index is -0.931. The Morgan fingerprint density at radius 3 is 2.54 bits per heavy atom. The fraction of sp³-hybridized carbons (Fsp3) is 0.400. The number of aliphatic carboxylic acids is 1. The van der Waals surface area contributed by atoms with E-state index < -0.39 is 5.97 Å². The smallest absolute Gasteiger partial charge is 0.336 e. The molecular weight excluding hydrogens is 333 g/mol. The van der Waals surface area contributed by atoms with Crippen LogP contribution in [0, 0.1) is 11.7 Å². The normalized spacial score (nSPS) is 21.5. The number of halogens is 1. The van der Waals surface area contributed by atoms with Gasteiger partial charge in [0.25, 0.3) is 0 Å². The highest BCUT2D eigenvalue weighted by molar-refractivity contribution is 6.12. The highest BCUT2D eigenvalue weighted by atomic mass is 19.1. The van der Waals surface area contributed by atoms with Crippen LogP contribution in [0.5, 0.6) is 0 Å². The Morgan fingerprint density at radius 2 is 1.88 bits per heavy atom. The standard InChI is InChI=1S/C20H22FN3O2/c1-23-12-17(20(25)26)19-22-11-16(13-7-9-15(21)10-8-13)18(24(19)23)14-5-3-2-4-6-14/h7-11,14H,2-6,12H2,1H3,(H,25,26). The maximum atomic E-state index is 13.4.